The van der Waals surface area contributed by atoms with E-state index in [1.54, 1.807) is 0 Å². The van der Waals surface area contributed by atoms with Gasteiger partial charge >= 0.3 is 0 Å². The van der Waals surface area contributed by atoms with E-state index in [0.29, 0.717) is 19.0 Å². The van der Waals surface area contributed by atoms with E-state index in [0.717, 1.165) is 0 Å². The highest BCUT2D eigenvalue weighted by molar-refractivity contribution is 5.82. The molecule has 0 aliphatic carbocycles. The molecule has 0 saturated heterocycles. The molecule has 74 valence electrons. The van der Waals surface area contributed by atoms with Gasteiger partial charge in [-0.2, -0.15) is 0 Å². The molecular formula is C11H14N2O. The molecule has 3 heteroatoms. The van der Waals surface area contributed by atoms with E-state index in [4.69, 9.17) is 10.5 Å². The molecule has 1 aromatic rings. The van der Waals surface area contributed by atoms with Crippen LogP contribution in [-0.4, -0.2) is 19.0 Å². The van der Waals surface area contributed by atoms with Crippen LogP contribution in [0.25, 0.3) is 0 Å². The Balaban J connectivity index is 2.26. The third-order valence-corrected chi connectivity index (χ3v) is 2.27. The Morgan fingerprint density at radius 2 is 2.36 bits per heavy atom. The number of nitrogens with zero attached hydrogens (tertiary/aromatic N) is 1. The first-order chi connectivity index (χ1) is 6.75. The molecule has 0 bridgehead atoms. The summed E-state index contributed by atoms with van der Waals surface area (Å²) in [6.45, 7) is 3.16. The normalized spacial score (nSPS) is 21.8. The fourth-order valence-electron chi connectivity index (χ4n) is 1.60. The fraction of sp³-hybridized carbons (Fsp3) is 0.364. The predicted octanol–water partition coefficient (Wildman–Crippen LogP) is 1.42. The van der Waals surface area contributed by atoms with Crippen LogP contribution in [0.5, 0.6) is 0 Å². The van der Waals surface area contributed by atoms with Gasteiger partial charge in [-0.05, 0) is 12.5 Å². The molecule has 2 rings (SSSR count). The van der Waals surface area contributed by atoms with Crippen LogP contribution in [0, 0.1) is 6.92 Å². The van der Waals surface area contributed by atoms with Crippen molar-refractivity contribution >= 4 is 5.84 Å². The van der Waals surface area contributed by atoms with Crippen molar-refractivity contribution in [2.75, 3.05) is 13.2 Å². The Morgan fingerprint density at radius 1 is 1.50 bits per heavy atom. The molecule has 0 fully saturated rings. The molecule has 1 atom stereocenters. The van der Waals surface area contributed by atoms with Crippen LogP contribution in [0.2, 0.25) is 0 Å². The third-order valence-electron chi connectivity index (χ3n) is 2.27. The van der Waals surface area contributed by atoms with Gasteiger partial charge in [0.25, 0.3) is 0 Å². The van der Waals surface area contributed by atoms with Crippen molar-refractivity contribution < 1.29 is 4.74 Å². The molecule has 1 aromatic carbocycles. The lowest BCUT2D eigenvalue weighted by molar-refractivity contribution is 0.143. The smallest absolute Gasteiger partial charge is 0.121 e. The fourth-order valence-corrected chi connectivity index (χ4v) is 1.60. The highest BCUT2D eigenvalue weighted by Gasteiger charge is 2.15. The minimum Gasteiger partial charge on any atom is -0.386 e. The lowest BCUT2D eigenvalue weighted by Gasteiger charge is -2.19. The Hall–Kier alpha value is -1.35. The monoisotopic (exact) mass is 190 g/mol. The Morgan fingerprint density at radius 3 is 3.07 bits per heavy atom. The van der Waals surface area contributed by atoms with Gasteiger partial charge in [0.15, 0.2) is 0 Å². The minimum absolute atomic E-state index is 0.0728. The lowest BCUT2D eigenvalue weighted by Crippen LogP contribution is -2.27. The lowest BCUT2D eigenvalue weighted by atomic mass is 10.1. The average Bonchev–Trinajstić information content (AvgIpc) is 2.18. The second-order valence-electron chi connectivity index (χ2n) is 3.57. The van der Waals surface area contributed by atoms with Crippen LogP contribution in [0.3, 0.4) is 0 Å². The Bertz CT molecular complexity index is 360. The van der Waals surface area contributed by atoms with Gasteiger partial charge in [-0.3, -0.25) is 4.99 Å². The Kier molecular flexibility index (Phi) is 2.50. The number of rotatable bonds is 1. The zero-order chi connectivity index (χ0) is 9.97. The topological polar surface area (TPSA) is 47.6 Å². The number of aliphatic imine (C=N–C) groups is 1. The van der Waals surface area contributed by atoms with Crippen molar-refractivity contribution in [3.8, 4) is 0 Å². The van der Waals surface area contributed by atoms with Crippen LogP contribution in [0.15, 0.2) is 29.3 Å². The van der Waals surface area contributed by atoms with Gasteiger partial charge in [0.05, 0.1) is 6.61 Å². The molecule has 0 amide bonds. The number of nitrogens with two attached hydrogens (primary N) is 1. The first-order valence-electron chi connectivity index (χ1n) is 4.72. The summed E-state index contributed by atoms with van der Waals surface area (Å²) in [4.78, 5) is 4.36. The number of aryl methyl sites for hydroxylation is 1. The van der Waals surface area contributed by atoms with Gasteiger partial charge in [-0.25, -0.2) is 0 Å². The van der Waals surface area contributed by atoms with Gasteiger partial charge in [-0.15, -0.1) is 0 Å². The standard InChI is InChI=1S/C11H14N2O/c1-8-3-2-4-9(5-8)10-6-14-7-11(12)13-10/h2-5,10H,6-7H2,1H3,(H2,12,13)/t10-/m0/s1. The molecule has 0 unspecified atom stereocenters. The van der Waals surface area contributed by atoms with Crippen LogP contribution >= 0.6 is 0 Å². The van der Waals surface area contributed by atoms with Crippen LogP contribution in [-0.2, 0) is 4.74 Å². The van der Waals surface area contributed by atoms with Gasteiger partial charge in [0, 0.05) is 0 Å². The summed E-state index contributed by atoms with van der Waals surface area (Å²) in [5.41, 5.74) is 8.04. The maximum atomic E-state index is 5.63. The first kappa shape index (κ1) is 9.21. The van der Waals surface area contributed by atoms with Gasteiger partial charge in [-0.1, -0.05) is 29.8 Å². The van der Waals surface area contributed by atoms with E-state index in [2.05, 4.69) is 30.1 Å². The number of hydrogen-bond donors (Lipinski definition) is 1. The maximum absolute atomic E-state index is 5.63. The summed E-state index contributed by atoms with van der Waals surface area (Å²) in [7, 11) is 0. The van der Waals surface area contributed by atoms with Crippen molar-refractivity contribution in [1.82, 2.24) is 0 Å². The number of hydrogen-bond acceptors (Lipinski definition) is 3. The summed E-state index contributed by atoms with van der Waals surface area (Å²) in [5.74, 6) is 0.586. The van der Waals surface area contributed by atoms with Crippen molar-refractivity contribution in [3.05, 3.63) is 35.4 Å². The summed E-state index contributed by atoms with van der Waals surface area (Å²) in [6, 6.07) is 8.36. The highest BCUT2D eigenvalue weighted by atomic mass is 16.5. The molecule has 0 aromatic heterocycles. The number of benzene rings is 1. The second kappa shape index (κ2) is 3.80. The molecular weight excluding hydrogens is 176 g/mol. The van der Waals surface area contributed by atoms with Gasteiger partial charge < -0.3 is 10.5 Å². The molecule has 0 spiro atoms. The molecule has 3 nitrogen and oxygen atoms in total. The zero-order valence-electron chi connectivity index (χ0n) is 8.23. The van der Waals surface area contributed by atoms with E-state index in [1.807, 2.05) is 6.07 Å². The molecule has 1 aliphatic heterocycles. The van der Waals surface area contributed by atoms with E-state index >= 15 is 0 Å². The summed E-state index contributed by atoms with van der Waals surface area (Å²) >= 11 is 0. The van der Waals surface area contributed by atoms with E-state index in [-0.39, 0.29) is 6.04 Å². The number of amidine groups is 1. The molecule has 1 heterocycles. The molecule has 0 radical (unpaired) electrons. The third kappa shape index (κ3) is 1.93. The van der Waals surface area contributed by atoms with E-state index < -0.39 is 0 Å². The zero-order valence-corrected chi connectivity index (χ0v) is 8.23. The second-order valence-corrected chi connectivity index (χ2v) is 3.57. The quantitative estimate of drug-likeness (QED) is 0.728. The first-order valence-corrected chi connectivity index (χ1v) is 4.72. The van der Waals surface area contributed by atoms with Gasteiger partial charge in [0.2, 0.25) is 0 Å². The van der Waals surface area contributed by atoms with Crippen molar-refractivity contribution in [2.24, 2.45) is 10.7 Å². The average molecular weight is 190 g/mol. The van der Waals surface area contributed by atoms with E-state index in [9.17, 15) is 0 Å². The largest absolute Gasteiger partial charge is 0.386 e. The summed E-state index contributed by atoms with van der Waals surface area (Å²) < 4.78 is 5.33. The Labute approximate surface area is 83.6 Å². The molecule has 0 saturated carbocycles. The van der Waals surface area contributed by atoms with Crippen LogP contribution < -0.4 is 5.73 Å². The summed E-state index contributed by atoms with van der Waals surface area (Å²) in [5, 5.41) is 0. The summed E-state index contributed by atoms with van der Waals surface area (Å²) in [6.07, 6.45) is 0. The van der Waals surface area contributed by atoms with Crippen LogP contribution in [0.4, 0.5) is 0 Å². The van der Waals surface area contributed by atoms with E-state index in [1.165, 1.54) is 11.1 Å². The highest BCUT2D eigenvalue weighted by Crippen LogP contribution is 2.20. The van der Waals surface area contributed by atoms with Gasteiger partial charge in [0.1, 0.15) is 18.5 Å². The minimum atomic E-state index is 0.0728. The predicted molar refractivity (Wildman–Crippen MR) is 56.4 cm³/mol. The molecule has 1 aliphatic rings. The number of ether oxygens (including phenoxy) is 1. The molecule has 2 N–H and O–H groups in total. The maximum Gasteiger partial charge on any atom is 0.121 e. The van der Waals surface area contributed by atoms with Crippen molar-refractivity contribution in [2.45, 2.75) is 13.0 Å². The SMILES string of the molecule is Cc1cccc([C@@H]2COCC(N)=N2)c1. The molecule has 14 heavy (non-hydrogen) atoms. The van der Waals surface area contributed by atoms with Crippen molar-refractivity contribution in [3.63, 3.8) is 0 Å². The van der Waals surface area contributed by atoms with Crippen molar-refractivity contribution in [1.29, 1.82) is 0 Å². The van der Waals surface area contributed by atoms with Crippen LogP contribution in [0.1, 0.15) is 17.2 Å².